The number of nitrogens with zero attached hydrogens (tertiary/aromatic N) is 2. The highest BCUT2D eigenvalue weighted by Crippen LogP contribution is 2.41. The van der Waals surface area contributed by atoms with E-state index in [1.54, 1.807) is 11.3 Å². The molecule has 3 nitrogen and oxygen atoms in total. The second kappa shape index (κ2) is 5.13. The van der Waals surface area contributed by atoms with Gasteiger partial charge < -0.3 is 10.0 Å². The van der Waals surface area contributed by atoms with Crippen LogP contribution in [0.5, 0.6) is 0 Å². The summed E-state index contributed by atoms with van der Waals surface area (Å²) >= 11 is 3.52. The molecular formula is C15H18N2OS2. The minimum absolute atomic E-state index is 0.284. The summed E-state index contributed by atoms with van der Waals surface area (Å²) in [7, 11) is 0. The first kappa shape index (κ1) is 12.8. The second-order valence-corrected chi connectivity index (χ2v) is 7.70. The lowest BCUT2D eigenvalue weighted by Gasteiger charge is -2.20. The van der Waals surface area contributed by atoms with Crippen molar-refractivity contribution >= 4 is 27.8 Å². The summed E-state index contributed by atoms with van der Waals surface area (Å²) < 4.78 is 0. The van der Waals surface area contributed by atoms with Gasteiger partial charge in [0, 0.05) is 10.9 Å². The highest BCUT2D eigenvalue weighted by atomic mass is 32.1. The summed E-state index contributed by atoms with van der Waals surface area (Å²) in [6.45, 7) is 0.963. The first-order chi connectivity index (χ1) is 9.81. The highest BCUT2D eigenvalue weighted by molar-refractivity contribution is 7.15. The van der Waals surface area contributed by atoms with Crippen molar-refractivity contribution in [2.24, 2.45) is 0 Å². The van der Waals surface area contributed by atoms with Gasteiger partial charge in [-0.2, -0.15) is 0 Å². The van der Waals surface area contributed by atoms with Gasteiger partial charge in [-0.3, -0.25) is 0 Å². The Bertz CT molecular complexity index is 589. The van der Waals surface area contributed by atoms with E-state index in [4.69, 9.17) is 4.98 Å². The summed E-state index contributed by atoms with van der Waals surface area (Å²) in [5, 5.41) is 13.4. The normalized spacial score (nSPS) is 21.8. The molecule has 20 heavy (non-hydrogen) atoms. The molecule has 0 radical (unpaired) electrons. The van der Waals surface area contributed by atoms with Gasteiger partial charge >= 0.3 is 0 Å². The fourth-order valence-electron chi connectivity index (χ4n) is 2.82. The van der Waals surface area contributed by atoms with Gasteiger partial charge in [-0.1, -0.05) is 17.4 Å². The minimum atomic E-state index is -0.284. The number of aliphatic hydroxyl groups excluding tert-OH is 1. The summed E-state index contributed by atoms with van der Waals surface area (Å²) in [5.74, 6) is 0. The van der Waals surface area contributed by atoms with Gasteiger partial charge in [0.2, 0.25) is 0 Å². The number of hydrogen-bond donors (Lipinski definition) is 1. The average Bonchev–Trinajstić information content (AvgIpc) is 2.99. The van der Waals surface area contributed by atoms with Crippen LogP contribution in [0.15, 0.2) is 17.5 Å². The Morgan fingerprint density at radius 3 is 2.95 bits per heavy atom. The van der Waals surface area contributed by atoms with Gasteiger partial charge in [-0.25, -0.2) is 4.98 Å². The zero-order valence-electron chi connectivity index (χ0n) is 11.3. The van der Waals surface area contributed by atoms with Crippen LogP contribution in [-0.4, -0.2) is 16.1 Å². The van der Waals surface area contributed by atoms with Gasteiger partial charge in [-0.05, 0) is 43.6 Å². The molecular weight excluding hydrogens is 288 g/mol. The molecule has 1 atom stereocenters. The van der Waals surface area contributed by atoms with Gasteiger partial charge in [-0.15, -0.1) is 11.3 Å². The monoisotopic (exact) mass is 306 g/mol. The van der Waals surface area contributed by atoms with E-state index >= 15 is 0 Å². The maximum Gasteiger partial charge on any atom is 0.186 e. The maximum atomic E-state index is 10.1. The zero-order chi connectivity index (χ0) is 13.5. The number of fused-ring (bicyclic) bond motifs is 1. The average molecular weight is 306 g/mol. The van der Waals surface area contributed by atoms with Crippen molar-refractivity contribution in [1.29, 1.82) is 0 Å². The Kier molecular flexibility index (Phi) is 3.28. The molecule has 5 heteroatoms. The molecule has 1 unspecified atom stereocenters. The van der Waals surface area contributed by atoms with Crippen molar-refractivity contribution in [2.75, 3.05) is 4.90 Å². The molecule has 1 N–H and O–H groups in total. The molecule has 1 saturated carbocycles. The molecule has 2 heterocycles. The van der Waals surface area contributed by atoms with Crippen LogP contribution in [0.1, 0.15) is 47.2 Å². The molecule has 2 aromatic heterocycles. The molecule has 0 bridgehead atoms. The van der Waals surface area contributed by atoms with E-state index in [2.05, 4.69) is 22.4 Å². The Hall–Kier alpha value is -0.910. The van der Waals surface area contributed by atoms with E-state index in [1.165, 1.54) is 17.7 Å². The van der Waals surface area contributed by atoms with Gasteiger partial charge in [0.15, 0.2) is 5.13 Å². The van der Waals surface area contributed by atoms with E-state index < -0.39 is 0 Å². The third-order valence-corrected chi connectivity index (χ3v) is 6.15. The number of thiazole rings is 1. The quantitative estimate of drug-likeness (QED) is 0.934. The molecule has 4 rings (SSSR count). The molecule has 1 fully saturated rings. The Morgan fingerprint density at radius 1 is 1.35 bits per heavy atom. The standard InChI is InChI=1S/C15H18N2OS2/c18-13-5-1-4-12-14(13)20-15(16-12)17(10-6-7-10)9-11-3-2-8-19-11/h2-3,8,10,13,18H,1,4-7,9H2. The lowest BCUT2D eigenvalue weighted by Crippen LogP contribution is -2.24. The van der Waals surface area contributed by atoms with Crippen LogP contribution >= 0.6 is 22.7 Å². The number of aliphatic hydroxyl groups is 1. The largest absolute Gasteiger partial charge is 0.388 e. The van der Waals surface area contributed by atoms with Crippen LogP contribution < -0.4 is 4.90 Å². The Labute approximate surface area is 126 Å². The van der Waals surface area contributed by atoms with Crippen LogP contribution in [0.4, 0.5) is 5.13 Å². The Balaban J connectivity index is 1.63. The number of aryl methyl sites for hydroxylation is 1. The SMILES string of the molecule is OC1CCCc2nc(N(Cc3cccs3)C3CC3)sc21. The molecule has 2 aliphatic carbocycles. The molecule has 0 aliphatic heterocycles. The number of aromatic nitrogens is 1. The maximum absolute atomic E-state index is 10.1. The molecule has 2 aromatic rings. The predicted molar refractivity (Wildman–Crippen MR) is 83.5 cm³/mol. The van der Waals surface area contributed by atoms with E-state index in [1.807, 2.05) is 11.3 Å². The predicted octanol–water partition coefficient (Wildman–Crippen LogP) is 3.74. The lowest BCUT2D eigenvalue weighted by atomic mass is 10.0. The van der Waals surface area contributed by atoms with Crippen molar-refractivity contribution in [1.82, 2.24) is 4.98 Å². The highest BCUT2D eigenvalue weighted by Gasteiger charge is 2.33. The van der Waals surface area contributed by atoms with E-state index in [9.17, 15) is 5.11 Å². The number of thiophene rings is 1. The molecule has 0 spiro atoms. The second-order valence-electron chi connectivity index (χ2n) is 5.65. The molecule has 0 aromatic carbocycles. The van der Waals surface area contributed by atoms with E-state index in [0.717, 1.165) is 41.5 Å². The van der Waals surface area contributed by atoms with Crippen LogP contribution in [-0.2, 0) is 13.0 Å². The minimum Gasteiger partial charge on any atom is -0.388 e. The molecule has 2 aliphatic rings. The smallest absolute Gasteiger partial charge is 0.186 e. The van der Waals surface area contributed by atoms with Crippen LogP contribution in [0.2, 0.25) is 0 Å². The van der Waals surface area contributed by atoms with Crippen LogP contribution in [0, 0.1) is 0 Å². The zero-order valence-corrected chi connectivity index (χ0v) is 12.9. The summed E-state index contributed by atoms with van der Waals surface area (Å²) in [5.41, 5.74) is 1.14. The van der Waals surface area contributed by atoms with Crippen LogP contribution in [0.25, 0.3) is 0 Å². The van der Waals surface area contributed by atoms with Crippen molar-refractivity contribution in [3.05, 3.63) is 33.0 Å². The number of hydrogen-bond acceptors (Lipinski definition) is 5. The van der Waals surface area contributed by atoms with Gasteiger partial charge in [0.1, 0.15) is 0 Å². The third-order valence-electron chi connectivity index (χ3n) is 4.05. The molecule has 0 saturated heterocycles. The Morgan fingerprint density at radius 2 is 2.25 bits per heavy atom. The van der Waals surface area contributed by atoms with E-state index in [0.29, 0.717) is 6.04 Å². The van der Waals surface area contributed by atoms with Crippen molar-refractivity contribution in [3.8, 4) is 0 Å². The first-order valence-corrected chi connectivity index (χ1v) is 8.97. The topological polar surface area (TPSA) is 36.4 Å². The van der Waals surface area contributed by atoms with Crippen molar-refractivity contribution in [3.63, 3.8) is 0 Å². The summed E-state index contributed by atoms with van der Waals surface area (Å²) in [4.78, 5) is 9.79. The van der Waals surface area contributed by atoms with Gasteiger partial charge in [0.25, 0.3) is 0 Å². The fourth-order valence-corrected chi connectivity index (χ4v) is 4.72. The summed E-state index contributed by atoms with van der Waals surface area (Å²) in [6.07, 6.45) is 5.25. The molecule has 106 valence electrons. The van der Waals surface area contributed by atoms with Crippen molar-refractivity contribution < 1.29 is 5.11 Å². The first-order valence-electron chi connectivity index (χ1n) is 7.28. The van der Waals surface area contributed by atoms with Crippen molar-refractivity contribution in [2.45, 2.75) is 50.8 Å². The van der Waals surface area contributed by atoms with Crippen LogP contribution in [0.3, 0.4) is 0 Å². The van der Waals surface area contributed by atoms with Gasteiger partial charge in [0.05, 0.1) is 23.2 Å². The van der Waals surface area contributed by atoms with E-state index in [-0.39, 0.29) is 6.10 Å². The summed E-state index contributed by atoms with van der Waals surface area (Å²) in [6, 6.07) is 4.96. The number of rotatable bonds is 4. The lowest BCUT2D eigenvalue weighted by molar-refractivity contribution is 0.160. The number of anilines is 1. The third kappa shape index (κ3) is 2.38. The fraction of sp³-hybridized carbons (Fsp3) is 0.533. The molecule has 0 amide bonds.